The highest BCUT2D eigenvalue weighted by molar-refractivity contribution is 7.89. The molecule has 2 saturated heterocycles. The summed E-state index contributed by atoms with van der Waals surface area (Å²) in [7, 11) is -7.37. The minimum absolute atomic E-state index is 0.0948. The summed E-state index contributed by atoms with van der Waals surface area (Å²) in [4.78, 5) is 15.6. The van der Waals surface area contributed by atoms with Crippen molar-refractivity contribution in [3.63, 3.8) is 0 Å². The van der Waals surface area contributed by atoms with E-state index in [0.717, 1.165) is 25.7 Å². The second-order valence-electron chi connectivity index (χ2n) is 9.66. The molecule has 39 heavy (non-hydrogen) atoms. The molecule has 0 saturated carbocycles. The molecule has 0 aromatic heterocycles. The Labute approximate surface area is 232 Å². The van der Waals surface area contributed by atoms with Crippen LogP contribution in [0.4, 0.5) is 11.4 Å². The quantitative estimate of drug-likeness (QED) is 0.485. The van der Waals surface area contributed by atoms with Crippen molar-refractivity contribution in [2.75, 3.05) is 62.7 Å². The van der Waals surface area contributed by atoms with Crippen molar-refractivity contribution in [2.24, 2.45) is 0 Å². The Kier molecular flexibility index (Phi) is 9.65. The molecule has 4 rings (SSSR count). The highest BCUT2D eigenvalue weighted by atomic mass is 32.2. The van der Waals surface area contributed by atoms with Gasteiger partial charge in [-0.2, -0.15) is 8.61 Å². The van der Waals surface area contributed by atoms with Gasteiger partial charge in [0.15, 0.2) is 0 Å². The van der Waals surface area contributed by atoms with Crippen LogP contribution in [0.15, 0.2) is 52.3 Å². The van der Waals surface area contributed by atoms with Gasteiger partial charge in [0.1, 0.15) is 0 Å². The zero-order chi connectivity index (χ0) is 28.0. The van der Waals surface area contributed by atoms with E-state index in [0.29, 0.717) is 63.9 Å². The van der Waals surface area contributed by atoms with Crippen LogP contribution in [0, 0.1) is 0 Å². The molecule has 0 atom stereocenters. The summed E-state index contributed by atoms with van der Waals surface area (Å²) in [5.41, 5.74) is 1.34. The van der Waals surface area contributed by atoms with E-state index in [1.54, 1.807) is 26.0 Å². The number of ether oxygens (including phenoxy) is 1. The van der Waals surface area contributed by atoms with Gasteiger partial charge in [-0.1, -0.05) is 26.7 Å². The van der Waals surface area contributed by atoms with Crippen LogP contribution in [0.25, 0.3) is 0 Å². The molecule has 2 aliphatic heterocycles. The Morgan fingerprint density at radius 1 is 0.846 bits per heavy atom. The third-order valence-corrected chi connectivity index (χ3v) is 11.2. The third kappa shape index (κ3) is 6.63. The fourth-order valence-corrected chi connectivity index (χ4v) is 7.97. The number of anilines is 2. The number of benzene rings is 2. The fraction of sp³-hybridized carbons (Fsp3) is 0.519. The standard InChI is InChI=1S/C27H38N4O6S2/c1-3-30(4-2)39(35,36)24-13-14-26(29-17-19-37-20-18-29)25(21-24)28-27(32)22-9-11-23(12-10-22)38(33,34)31-15-7-5-6-8-16-31/h9-14,21H,3-8,15-20H2,1-2H3,(H,28,32). The molecular weight excluding hydrogens is 540 g/mol. The summed E-state index contributed by atoms with van der Waals surface area (Å²) in [6, 6.07) is 10.7. The minimum Gasteiger partial charge on any atom is -0.378 e. The van der Waals surface area contributed by atoms with E-state index in [-0.39, 0.29) is 15.4 Å². The Hall–Kier alpha value is -2.51. The molecule has 0 bridgehead atoms. The summed E-state index contributed by atoms with van der Waals surface area (Å²) in [5, 5.41) is 2.88. The van der Waals surface area contributed by atoms with Gasteiger partial charge in [-0.05, 0) is 55.3 Å². The van der Waals surface area contributed by atoms with E-state index in [2.05, 4.69) is 5.32 Å². The van der Waals surface area contributed by atoms with E-state index < -0.39 is 26.0 Å². The molecule has 0 unspecified atom stereocenters. The van der Waals surface area contributed by atoms with Crippen LogP contribution in [0.3, 0.4) is 0 Å². The zero-order valence-corrected chi connectivity index (χ0v) is 24.3. The van der Waals surface area contributed by atoms with Crippen molar-refractivity contribution < 1.29 is 26.4 Å². The second-order valence-corrected chi connectivity index (χ2v) is 13.5. The lowest BCUT2D eigenvalue weighted by atomic mass is 10.2. The molecular formula is C27H38N4O6S2. The summed E-state index contributed by atoms with van der Waals surface area (Å²) in [5.74, 6) is -0.458. The van der Waals surface area contributed by atoms with Gasteiger partial charge in [0.05, 0.1) is 34.4 Å². The van der Waals surface area contributed by atoms with Crippen molar-refractivity contribution in [2.45, 2.75) is 49.3 Å². The SMILES string of the molecule is CCN(CC)S(=O)(=O)c1ccc(N2CCOCC2)c(NC(=O)c2ccc(S(=O)(=O)N3CCCCCC3)cc2)c1. The Morgan fingerprint density at radius 2 is 1.44 bits per heavy atom. The van der Waals surface area contributed by atoms with Crippen LogP contribution in [0.2, 0.25) is 0 Å². The van der Waals surface area contributed by atoms with Gasteiger partial charge in [0.2, 0.25) is 20.0 Å². The van der Waals surface area contributed by atoms with E-state index in [4.69, 9.17) is 4.74 Å². The predicted octanol–water partition coefficient (Wildman–Crippen LogP) is 3.37. The lowest BCUT2D eigenvalue weighted by molar-refractivity contribution is 0.102. The van der Waals surface area contributed by atoms with E-state index in [1.165, 1.54) is 38.9 Å². The first-order valence-corrected chi connectivity index (χ1v) is 16.4. The normalized spacial score (nSPS) is 17.7. The van der Waals surface area contributed by atoms with Crippen molar-refractivity contribution >= 4 is 37.3 Å². The second kappa shape index (κ2) is 12.8. The molecule has 2 fully saturated rings. The summed E-state index contributed by atoms with van der Waals surface area (Å²) in [6.45, 7) is 7.49. The topological polar surface area (TPSA) is 116 Å². The van der Waals surface area contributed by atoms with Gasteiger partial charge in [-0.25, -0.2) is 16.8 Å². The van der Waals surface area contributed by atoms with Crippen molar-refractivity contribution in [3.8, 4) is 0 Å². The maximum absolute atomic E-state index is 13.3. The number of carbonyl (C=O) groups is 1. The Bertz CT molecular complexity index is 1350. The first-order valence-electron chi connectivity index (χ1n) is 13.6. The Balaban J connectivity index is 1.61. The monoisotopic (exact) mass is 578 g/mol. The number of rotatable bonds is 9. The van der Waals surface area contributed by atoms with E-state index in [9.17, 15) is 21.6 Å². The first kappa shape index (κ1) is 29.5. The molecule has 12 heteroatoms. The van der Waals surface area contributed by atoms with Gasteiger partial charge in [0.25, 0.3) is 5.91 Å². The predicted molar refractivity (Wildman–Crippen MR) is 151 cm³/mol. The number of nitrogens with one attached hydrogen (secondary N) is 1. The molecule has 0 radical (unpaired) electrons. The average molecular weight is 579 g/mol. The molecule has 2 aliphatic rings. The summed E-state index contributed by atoms with van der Waals surface area (Å²) >= 11 is 0. The van der Waals surface area contributed by atoms with Gasteiger partial charge >= 0.3 is 0 Å². The lowest BCUT2D eigenvalue weighted by Crippen LogP contribution is -2.37. The van der Waals surface area contributed by atoms with Gasteiger partial charge in [0, 0.05) is 44.8 Å². The highest BCUT2D eigenvalue weighted by Gasteiger charge is 2.27. The van der Waals surface area contributed by atoms with Crippen LogP contribution in [-0.4, -0.2) is 83.8 Å². The molecule has 2 heterocycles. The molecule has 10 nitrogen and oxygen atoms in total. The van der Waals surface area contributed by atoms with E-state index >= 15 is 0 Å². The number of amides is 1. The van der Waals surface area contributed by atoms with Crippen molar-refractivity contribution in [3.05, 3.63) is 48.0 Å². The highest BCUT2D eigenvalue weighted by Crippen LogP contribution is 2.31. The van der Waals surface area contributed by atoms with E-state index in [1.807, 2.05) is 4.90 Å². The third-order valence-electron chi connectivity index (χ3n) is 7.23. The largest absolute Gasteiger partial charge is 0.378 e. The number of sulfonamides is 2. The number of hydrogen-bond acceptors (Lipinski definition) is 7. The van der Waals surface area contributed by atoms with Crippen LogP contribution >= 0.6 is 0 Å². The smallest absolute Gasteiger partial charge is 0.255 e. The van der Waals surface area contributed by atoms with Gasteiger partial charge in [-0.15, -0.1) is 0 Å². The number of hydrogen-bond donors (Lipinski definition) is 1. The number of nitrogens with zero attached hydrogens (tertiary/aromatic N) is 3. The van der Waals surface area contributed by atoms with Crippen molar-refractivity contribution in [1.29, 1.82) is 0 Å². The van der Waals surface area contributed by atoms with Crippen molar-refractivity contribution in [1.82, 2.24) is 8.61 Å². The maximum Gasteiger partial charge on any atom is 0.255 e. The van der Waals surface area contributed by atoms with Gasteiger partial charge < -0.3 is 15.0 Å². The summed E-state index contributed by atoms with van der Waals surface area (Å²) < 4.78 is 61.0. The molecule has 0 spiro atoms. The van der Waals surface area contributed by atoms with Crippen LogP contribution in [0.5, 0.6) is 0 Å². The molecule has 1 N–H and O–H groups in total. The summed E-state index contributed by atoms with van der Waals surface area (Å²) in [6.07, 6.45) is 3.73. The minimum atomic E-state index is -3.74. The number of carbonyl (C=O) groups excluding carboxylic acids is 1. The van der Waals surface area contributed by atoms with Crippen LogP contribution in [-0.2, 0) is 24.8 Å². The van der Waals surface area contributed by atoms with Crippen LogP contribution in [0.1, 0.15) is 49.9 Å². The number of morpholine rings is 1. The Morgan fingerprint density at radius 3 is 2.03 bits per heavy atom. The molecule has 2 aromatic carbocycles. The van der Waals surface area contributed by atoms with Gasteiger partial charge in [-0.3, -0.25) is 4.79 Å². The zero-order valence-electron chi connectivity index (χ0n) is 22.6. The molecule has 214 valence electrons. The lowest BCUT2D eigenvalue weighted by Gasteiger charge is -2.31. The fourth-order valence-electron chi connectivity index (χ4n) is 4.97. The van der Waals surface area contributed by atoms with Crippen LogP contribution < -0.4 is 10.2 Å². The average Bonchev–Trinajstić information content (AvgIpc) is 3.24. The maximum atomic E-state index is 13.3. The first-order chi connectivity index (χ1) is 18.7. The molecule has 2 aromatic rings. The molecule has 0 aliphatic carbocycles. The molecule has 1 amide bonds.